The molecule has 0 unspecified atom stereocenters. The van der Waals surface area contributed by atoms with Crippen LogP contribution in [0, 0.1) is 0 Å². The number of aliphatic hydroxyl groups is 1. The summed E-state index contributed by atoms with van der Waals surface area (Å²) >= 11 is 5.47. The van der Waals surface area contributed by atoms with Gasteiger partial charge in [-0.1, -0.05) is 24.2 Å². The number of halogens is 1. The Labute approximate surface area is 111 Å². The molecule has 0 aliphatic heterocycles. The van der Waals surface area contributed by atoms with Gasteiger partial charge in [0.1, 0.15) is 17.2 Å². The first kappa shape index (κ1) is 14.7. The molecule has 100 valence electrons. The second-order valence-electron chi connectivity index (χ2n) is 3.57. The molecule has 0 aliphatic rings. The minimum atomic E-state index is -0.0382. The lowest BCUT2D eigenvalue weighted by Gasteiger charge is -1.77. The van der Waals surface area contributed by atoms with Gasteiger partial charge in [-0.2, -0.15) is 0 Å². The van der Waals surface area contributed by atoms with Crippen LogP contribution in [0.2, 0.25) is 0 Å². The van der Waals surface area contributed by atoms with E-state index in [1.807, 2.05) is 19.9 Å². The SMILES string of the molecule is CCc1cc(CCl)no1.CCc1cc(CO)no1. The van der Waals surface area contributed by atoms with Gasteiger partial charge in [-0.15, -0.1) is 11.6 Å². The van der Waals surface area contributed by atoms with Crippen molar-refractivity contribution in [3.8, 4) is 0 Å². The highest BCUT2D eigenvalue weighted by atomic mass is 35.5. The summed E-state index contributed by atoms with van der Waals surface area (Å²) < 4.78 is 9.66. The average molecular weight is 273 g/mol. The van der Waals surface area contributed by atoms with E-state index >= 15 is 0 Å². The summed E-state index contributed by atoms with van der Waals surface area (Å²) in [5, 5.41) is 15.8. The van der Waals surface area contributed by atoms with Gasteiger partial charge in [0.05, 0.1) is 18.2 Å². The number of aromatic nitrogens is 2. The Morgan fingerprint density at radius 2 is 1.56 bits per heavy atom. The van der Waals surface area contributed by atoms with E-state index in [1.54, 1.807) is 6.07 Å². The van der Waals surface area contributed by atoms with Gasteiger partial charge in [0.2, 0.25) is 0 Å². The van der Waals surface area contributed by atoms with Crippen LogP contribution in [0.3, 0.4) is 0 Å². The molecule has 0 radical (unpaired) electrons. The summed E-state index contributed by atoms with van der Waals surface area (Å²) in [6.07, 6.45) is 1.71. The molecule has 0 bridgehead atoms. The van der Waals surface area contributed by atoms with Crippen molar-refractivity contribution in [3.63, 3.8) is 0 Å². The quantitative estimate of drug-likeness (QED) is 0.867. The van der Waals surface area contributed by atoms with Crippen molar-refractivity contribution in [2.24, 2.45) is 0 Å². The summed E-state index contributed by atoms with van der Waals surface area (Å²) in [4.78, 5) is 0. The van der Waals surface area contributed by atoms with Gasteiger partial charge in [-0.25, -0.2) is 0 Å². The van der Waals surface area contributed by atoms with Crippen molar-refractivity contribution in [1.29, 1.82) is 0 Å². The molecule has 0 saturated heterocycles. The number of aryl methyl sites for hydroxylation is 2. The fourth-order valence-electron chi connectivity index (χ4n) is 1.18. The highest BCUT2D eigenvalue weighted by molar-refractivity contribution is 6.16. The van der Waals surface area contributed by atoms with Gasteiger partial charge in [0.25, 0.3) is 0 Å². The molecular weight excluding hydrogens is 256 g/mol. The lowest BCUT2D eigenvalue weighted by Crippen LogP contribution is -1.78. The third kappa shape index (κ3) is 4.50. The molecule has 0 fully saturated rings. The number of hydrogen-bond acceptors (Lipinski definition) is 5. The number of hydrogen-bond donors (Lipinski definition) is 1. The van der Waals surface area contributed by atoms with E-state index < -0.39 is 0 Å². The number of alkyl halides is 1. The van der Waals surface area contributed by atoms with Gasteiger partial charge in [0, 0.05) is 25.0 Å². The Morgan fingerprint density at radius 1 is 1.06 bits per heavy atom. The summed E-state index contributed by atoms with van der Waals surface area (Å²) in [6, 6.07) is 3.62. The molecule has 0 aromatic carbocycles. The first-order valence-electron chi connectivity index (χ1n) is 5.79. The molecular formula is C12H17ClN2O3. The molecule has 18 heavy (non-hydrogen) atoms. The smallest absolute Gasteiger partial charge is 0.136 e. The summed E-state index contributed by atoms with van der Waals surface area (Å²) in [5.74, 6) is 2.15. The van der Waals surface area contributed by atoms with Crippen molar-refractivity contribution >= 4 is 11.6 Å². The molecule has 0 spiro atoms. The van der Waals surface area contributed by atoms with Crippen LogP contribution in [0.4, 0.5) is 0 Å². The van der Waals surface area contributed by atoms with Crippen LogP contribution < -0.4 is 0 Å². The first-order chi connectivity index (χ1) is 8.73. The van der Waals surface area contributed by atoms with Gasteiger partial charge < -0.3 is 14.2 Å². The Hall–Kier alpha value is -1.33. The van der Waals surface area contributed by atoms with Crippen LogP contribution in [0.25, 0.3) is 0 Å². The molecule has 0 amide bonds. The monoisotopic (exact) mass is 272 g/mol. The zero-order chi connectivity index (χ0) is 13.4. The van der Waals surface area contributed by atoms with Crippen LogP contribution in [-0.4, -0.2) is 15.4 Å². The Morgan fingerprint density at radius 3 is 1.83 bits per heavy atom. The minimum Gasteiger partial charge on any atom is -0.390 e. The molecule has 2 aromatic heterocycles. The normalized spacial score (nSPS) is 10.0. The Balaban J connectivity index is 0.000000180. The van der Waals surface area contributed by atoms with Crippen LogP contribution in [0.15, 0.2) is 21.2 Å². The van der Waals surface area contributed by atoms with Gasteiger partial charge in [-0.05, 0) is 0 Å². The molecule has 0 aliphatic carbocycles. The molecule has 0 atom stereocenters. The lowest BCUT2D eigenvalue weighted by atomic mass is 10.3. The maximum atomic E-state index is 8.52. The molecule has 0 saturated carbocycles. The highest BCUT2D eigenvalue weighted by Gasteiger charge is 1.98. The predicted molar refractivity (Wildman–Crippen MR) is 67.2 cm³/mol. The zero-order valence-electron chi connectivity index (χ0n) is 10.5. The summed E-state index contributed by atoms with van der Waals surface area (Å²) in [6.45, 7) is 3.95. The van der Waals surface area contributed by atoms with E-state index in [0.717, 1.165) is 30.1 Å². The second-order valence-corrected chi connectivity index (χ2v) is 3.84. The van der Waals surface area contributed by atoms with E-state index in [-0.39, 0.29) is 6.61 Å². The summed E-state index contributed by atoms with van der Waals surface area (Å²) in [5.41, 5.74) is 1.42. The number of nitrogens with zero attached hydrogens (tertiary/aromatic N) is 2. The van der Waals surface area contributed by atoms with Crippen LogP contribution in [0.5, 0.6) is 0 Å². The lowest BCUT2D eigenvalue weighted by molar-refractivity contribution is 0.265. The van der Waals surface area contributed by atoms with Crippen LogP contribution in [0.1, 0.15) is 36.8 Å². The van der Waals surface area contributed by atoms with Gasteiger partial charge in [-0.3, -0.25) is 0 Å². The number of aliphatic hydroxyl groups excluding tert-OH is 1. The zero-order valence-corrected chi connectivity index (χ0v) is 11.3. The molecule has 6 heteroatoms. The van der Waals surface area contributed by atoms with Crippen LogP contribution in [-0.2, 0) is 25.3 Å². The van der Waals surface area contributed by atoms with Gasteiger partial charge >= 0.3 is 0 Å². The molecule has 2 aromatic rings. The van der Waals surface area contributed by atoms with E-state index in [0.29, 0.717) is 11.6 Å². The Kier molecular flexibility index (Phi) is 6.46. The van der Waals surface area contributed by atoms with Crippen LogP contribution >= 0.6 is 11.6 Å². The maximum Gasteiger partial charge on any atom is 0.136 e. The van der Waals surface area contributed by atoms with E-state index in [1.165, 1.54) is 0 Å². The number of rotatable bonds is 4. The van der Waals surface area contributed by atoms with Crippen molar-refractivity contribution in [3.05, 3.63) is 35.0 Å². The van der Waals surface area contributed by atoms with Crippen molar-refractivity contribution in [1.82, 2.24) is 10.3 Å². The van der Waals surface area contributed by atoms with E-state index in [9.17, 15) is 0 Å². The van der Waals surface area contributed by atoms with Crippen molar-refractivity contribution in [2.75, 3.05) is 0 Å². The highest BCUT2D eigenvalue weighted by Crippen LogP contribution is 2.05. The predicted octanol–water partition coefficient (Wildman–Crippen LogP) is 2.71. The minimum absolute atomic E-state index is 0.0382. The Bertz CT molecular complexity index is 374. The largest absolute Gasteiger partial charge is 0.390 e. The van der Waals surface area contributed by atoms with E-state index in [2.05, 4.69) is 10.3 Å². The molecule has 2 heterocycles. The fourth-order valence-corrected chi connectivity index (χ4v) is 1.31. The van der Waals surface area contributed by atoms with Crippen molar-refractivity contribution in [2.45, 2.75) is 39.2 Å². The first-order valence-corrected chi connectivity index (χ1v) is 6.32. The molecule has 2 rings (SSSR count). The molecule has 1 N–H and O–H groups in total. The molecule has 5 nitrogen and oxygen atoms in total. The maximum absolute atomic E-state index is 8.52. The van der Waals surface area contributed by atoms with Gasteiger partial charge in [0.15, 0.2) is 0 Å². The standard InChI is InChI=1S/C6H8ClNO.C6H9NO2/c1-2-6-3-5(4-7)8-9-6;1-2-6-3-5(4-8)7-9-6/h3H,2,4H2,1H3;3,8H,2,4H2,1H3. The third-order valence-corrected chi connectivity index (χ3v) is 2.49. The topological polar surface area (TPSA) is 72.3 Å². The third-order valence-electron chi connectivity index (χ3n) is 2.21. The summed E-state index contributed by atoms with van der Waals surface area (Å²) in [7, 11) is 0. The second kappa shape index (κ2) is 7.89. The average Bonchev–Trinajstić information content (AvgIpc) is 3.07. The van der Waals surface area contributed by atoms with Crippen molar-refractivity contribution < 1.29 is 14.2 Å². The van der Waals surface area contributed by atoms with E-state index in [4.69, 9.17) is 25.8 Å². The fraction of sp³-hybridized carbons (Fsp3) is 0.500.